The van der Waals surface area contributed by atoms with Crippen LogP contribution in [0.2, 0.25) is 5.02 Å². The van der Waals surface area contributed by atoms with Crippen LogP contribution < -0.4 is 5.73 Å². The van der Waals surface area contributed by atoms with Crippen molar-refractivity contribution in [3.63, 3.8) is 0 Å². The Labute approximate surface area is 116 Å². The molecule has 2 aromatic carbocycles. The van der Waals surface area contributed by atoms with Crippen molar-refractivity contribution in [2.24, 2.45) is 0 Å². The highest BCUT2D eigenvalue weighted by Gasteiger charge is 2.17. The number of carbonyl (C=O) groups excluding carboxylic acids is 1. The van der Waals surface area contributed by atoms with Gasteiger partial charge in [-0.2, -0.15) is 0 Å². The maximum Gasteiger partial charge on any atom is 0.196 e. The first kappa shape index (κ1) is 13.6. The number of halogens is 2. The number of hydrogen-bond acceptors (Lipinski definition) is 2. The van der Waals surface area contributed by atoms with Crippen molar-refractivity contribution in [2.45, 2.75) is 13.8 Å². The molecule has 0 atom stereocenters. The van der Waals surface area contributed by atoms with Crippen LogP contribution in [-0.4, -0.2) is 5.78 Å². The lowest BCUT2D eigenvalue weighted by Crippen LogP contribution is -2.07. The number of aryl methyl sites for hydroxylation is 2. The molecule has 0 aliphatic rings. The smallest absolute Gasteiger partial charge is 0.196 e. The largest absolute Gasteiger partial charge is 0.398 e. The normalized spacial score (nSPS) is 10.5. The molecule has 0 saturated carbocycles. The van der Waals surface area contributed by atoms with Gasteiger partial charge in [-0.05, 0) is 49.2 Å². The summed E-state index contributed by atoms with van der Waals surface area (Å²) in [5, 5.41) is 0.288. The molecule has 19 heavy (non-hydrogen) atoms. The second-order valence-electron chi connectivity index (χ2n) is 4.50. The van der Waals surface area contributed by atoms with Crippen molar-refractivity contribution >= 4 is 23.1 Å². The van der Waals surface area contributed by atoms with E-state index in [1.165, 1.54) is 18.2 Å². The van der Waals surface area contributed by atoms with Gasteiger partial charge in [-0.3, -0.25) is 4.79 Å². The Morgan fingerprint density at radius 2 is 1.89 bits per heavy atom. The minimum Gasteiger partial charge on any atom is -0.398 e. The Balaban J connectivity index is 2.53. The van der Waals surface area contributed by atoms with Gasteiger partial charge in [0.25, 0.3) is 0 Å². The minimum atomic E-state index is -0.518. The second kappa shape index (κ2) is 5.02. The van der Waals surface area contributed by atoms with Gasteiger partial charge in [-0.15, -0.1) is 0 Å². The summed E-state index contributed by atoms with van der Waals surface area (Å²) < 4.78 is 13.9. The summed E-state index contributed by atoms with van der Waals surface area (Å²) in [5.41, 5.74) is 7.76. The van der Waals surface area contributed by atoms with Crippen molar-refractivity contribution in [2.75, 3.05) is 5.73 Å². The predicted molar refractivity (Wildman–Crippen MR) is 75.2 cm³/mol. The van der Waals surface area contributed by atoms with E-state index in [2.05, 4.69) is 0 Å². The summed E-state index contributed by atoms with van der Waals surface area (Å²) in [7, 11) is 0. The highest BCUT2D eigenvalue weighted by Crippen LogP contribution is 2.24. The van der Waals surface area contributed by atoms with Crippen LogP contribution in [0.25, 0.3) is 0 Å². The van der Waals surface area contributed by atoms with Gasteiger partial charge in [0.1, 0.15) is 5.82 Å². The van der Waals surface area contributed by atoms with Crippen LogP contribution in [0, 0.1) is 19.7 Å². The van der Waals surface area contributed by atoms with E-state index in [1.807, 2.05) is 0 Å². The average molecular weight is 278 g/mol. The zero-order chi connectivity index (χ0) is 14.2. The fourth-order valence-electron chi connectivity index (χ4n) is 2.02. The van der Waals surface area contributed by atoms with Crippen molar-refractivity contribution in [3.8, 4) is 0 Å². The first-order valence-electron chi connectivity index (χ1n) is 5.76. The molecule has 2 rings (SSSR count). The molecule has 0 bridgehead atoms. The lowest BCUT2D eigenvalue weighted by molar-refractivity contribution is 0.103. The molecular weight excluding hydrogens is 265 g/mol. The number of anilines is 1. The van der Waals surface area contributed by atoms with Gasteiger partial charge < -0.3 is 5.73 Å². The quantitative estimate of drug-likeness (QED) is 0.668. The van der Waals surface area contributed by atoms with Gasteiger partial charge >= 0.3 is 0 Å². The van der Waals surface area contributed by atoms with Crippen LogP contribution in [0.5, 0.6) is 0 Å². The Hall–Kier alpha value is -1.87. The minimum absolute atomic E-state index is 0.0754. The molecule has 2 nitrogen and oxygen atoms in total. The maximum atomic E-state index is 13.9. The molecule has 0 spiro atoms. The van der Waals surface area contributed by atoms with Gasteiger partial charge in [0.05, 0.1) is 16.3 Å². The molecule has 0 unspecified atom stereocenters. The maximum absolute atomic E-state index is 13.9. The van der Waals surface area contributed by atoms with Crippen LogP contribution in [0.4, 0.5) is 10.1 Å². The summed E-state index contributed by atoms with van der Waals surface area (Å²) in [6, 6.07) is 7.66. The van der Waals surface area contributed by atoms with E-state index < -0.39 is 11.6 Å². The SMILES string of the molecule is Cc1cc(C)c(C(=O)c2ccc(N)c(Cl)c2)c(F)c1. The Kier molecular flexibility index (Phi) is 3.58. The average Bonchev–Trinajstić information content (AvgIpc) is 2.31. The van der Waals surface area contributed by atoms with E-state index in [-0.39, 0.29) is 10.6 Å². The van der Waals surface area contributed by atoms with E-state index in [0.717, 1.165) is 5.56 Å². The standard InChI is InChI=1S/C15H13ClFNO/c1-8-5-9(2)14(12(17)6-8)15(19)10-3-4-13(18)11(16)7-10/h3-7H,18H2,1-2H3. The van der Waals surface area contributed by atoms with E-state index in [1.54, 1.807) is 26.0 Å². The molecule has 0 aliphatic heterocycles. The molecule has 0 aliphatic carbocycles. The molecule has 0 radical (unpaired) electrons. The third-order valence-corrected chi connectivity index (χ3v) is 3.25. The van der Waals surface area contributed by atoms with Crippen LogP contribution in [0.1, 0.15) is 27.0 Å². The summed E-state index contributed by atoms with van der Waals surface area (Å²) >= 11 is 5.88. The molecule has 0 heterocycles. The molecular formula is C15H13ClFNO. The van der Waals surface area contributed by atoms with Crippen molar-refractivity contribution in [1.29, 1.82) is 0 Å². The number of rotatable bonds is 2. The number of hydrogen-bond donors (Lipinski definition) is 1. The van der Waals surface area contributed by atoms with Crippen molar-refractivity contribution in [3.05, 3.63) is 63.4 Å². The van der Waals surface area contributed by atoms with E-state index in [9.17, 15) is 9.18 Å². The molecule has 4 heteroatoms. The van der Waals surface area contributed by atoms with Gasteiger partial charge in [0.2, 0.25) is 0 Å². The zero-order valence-electron chi connectivity index (χ0n) is 10.6. The third kappa shape index (κ3) is 2.61. The zero-order valence-corrected chi connectivity index (χ0v) is 11.4. The Morgan fingerprint density at radius 1 is 1.21 bits per heavy atom. The van der Waals surface area contributed by atoms with E-state index in [0.29, 0.717) is 16.8 Å². The molecule has 0 fully saturated rings. The molecule has 0 saturated heterocycles. The molecule has 2 aromatic rings. The molecule has 2 N–H and O–H groups in total. The topological polar surface area (TPSA) is 43.1 Å². The van der Waals surface area contributed by atoms with Gasteiger partial charge in [-0.1, -0.05) is 17.7 Å². The van der Waals surface area contributed by atoms with E-state index in [4.69, 9.17) is 17.3 Å². The monoisotopic (exact) mass is 277 g/mol. The lowest BCUT2D eigenvalue weighted by atomic mass is 9.97. The summed E-state index contributed by atoms with van der Waals surface area (Å²) in [5.74, 6) is -0.910. The Morgan fingerprint density at radius 3 is 2.47 bits per heavy atom. The van der Waals surface area contributed by atoms with Gasteiger partial charge in [0.15, 0.2) is 5.78 Å². The van der Waals surface area contributed by atoms with Crippen LogP contribution >= 0.6 is 11.6 Å². The fraction of sp³-hybridized carbons (Fsp3) is 0.133. The lowest BCUT2D eigenvalue weighted by Gasteiger charge is -2.09. The van der Waals surface area contributed by atoms with Crippen molar-refractivity contribution < 1.29 is 9.18 Å². The van der Waals surface area contributed by atoms with Gasteiger partial charge in [0, 0.05) is 5.56 Å². The molecule has 98 valence electrons. The summed E-state index contributed by atoms with van der Waals surface area (Å²) in [6.07, 6.45) is 0. The predicted octanol–water partition coefficient (Wildman–Crippen LogP) is 3.91. The van der Waals surface area contributed by atoms with Crippen molar-refractivity contribution in [1.82, 2.24) is 0 Å². The number of nitrogens with two attached hydrogens (primary N) is 1. The third-order valence-electron chi connectivity index (χ3n) is 2.92. The number of benzene rings is 2. The summed E-state index contributed by atoms with van der Waals surface area (Å²) in [6.45, 7) is 3.49. The summed E-state index contributed by atoms with van der Waals surface area (Å²) in [4.78, 5) is 12.3. The fourth-order valence-corrected chi connectivity index (χ4v) is 2.20. The van der Waals surface area contributed by atoms with Gasteiger partial charge in [-0.25, -0.2) is 4.39 Å². The number of ketones is 1. The highest BCUT2D eigenvalue weighted by atomic mass is 35.5. The first-order chi connectivity index (χ1) is 8.90. The first-order valence-corrected chi connectivity index (χ1v) is 6.14. The van der Waals surface area contributed by atoms with Crippen LogP contribution in [0.3, 0.4) is 0 Å². The highest BCUT2D eigenvalue weighted by molar-refractivity contribution is 6.33. The van der Waals surface area contributed by atoms with Crippen LogP contribution in [-0.2, 0) is 0 Å². The molecule has 0 aromatic heterocycles. The second-order valence-corrected chi connectivity index (χ2v) is 4.91. The molecule has 0 amide bonds. The number of nitrogen functional groups attached to an aromatic ring is 1. The Bertz CT molecular complexity index is 644. The van der Waals surface area contributed by atoms with E-state index >= 15 is 0 Å². The number of carbonyl (C=O) groups is 1. The van der Waals surface area contributed by atoms with Crippen LogP contribution in [0.15, 0.2) is 30.3 Å².